The van der Waals surface area contributed by atoms with E-state index in [1.807, 2.05) is 48.1 Å². The summed E-state index contributed by atoms with van der Waals surface area (Å²) in [6, 6.07) is 11.5. The Kier molecular flexibility index (Phi) is 4.41. The van der Waals surface area contributed by atoms with Gasteiger partial charge in [0.2, 0.25) is 0 Å². The number of anilines is 2. The molecule has 4 aromatic rings. The van der Waals surface area contributed by atoms with E-state index in [0.29, 0.717) is 11.8 Å². The lowest BCUT2D eigenvalue weighted by Crippen LogP contribution is -2.03. The number of benzene rings is 1. The van der Waals surface area contributed by atoms with Crippen molar-refractivity contribution in [2.24, 2.45) is 7.05 Å². The van der Waals surface area contributed by atoms with Crippen LogP contribution >= 0.6 is 11.6 Å². The molecule has 3 heterocycles. The largest absolute Gasteiger partial charge is 0.486 e. The summed E-state index contributed by atoms with van der Waals surface area (Å²) >= 11 is 5.83. The van der Waals surface area contributed by atoms with E-state index in [0.717, 1.165) is 33.9 Å². The second kappa shape index (κ2) is 7.01. The summed E-state index contributed by atoms with van der Waals surface area (Å²) in [6.07, 6.45) is 7.09. The van der Waals surface area contributed by atoms with Crippen LogP contribution in [0, 0.1) is 0 Å². The van der Waals surface area contributed by atoms with E-state index in [1.54, 1.807) is 24.7 Å². The smallest absolute Gasteiger partial charge is 0.146 e. The Morgan fingerprint density at radius 1 is 1.08 bits per heavy atom. The molecule has 0 aliphatic rings. The first-order chi connectivity index (χ1) is 12.7. The van der Waals surface area contributed by atoms with Crippen molar-refractivity contribution in [1.29, 1.82) is 0 Å². The molecule has 0 fully saturated rings. The molecule has 0 bridgehead atoms. The minimum atomic E-state index is 0.418. The first kappa shape index (κ1) is 16.4. The number of nitrogens with zero attached hydrogens (tertiary/aromatic N) is 4. The zero-order valence-electron chi connectivity index (χ0n) is 14.1. The average Bonchev–Trinajstić information content (AvgIpc) is 3.07. The summed E-state index contributed by atoms with van der Waals surface area (Å²) in [6.45, 7) is 0.418. The van der Waals surface area contributed by atoms with Crippen molar-refractivity contribution in [1.82, 2.24) is 19.5 Å². The summed E-state index contributed by atoms with van der Waals surface area (Å²) in [7, 11) is 1.95. The molecule has 4 rings (SSSR count). The number of fused-ring (bicyclic) bond motifs is 1. The molecule has 26 heavy (non-hydrogen) atoms. The predicted molar refractivity (Wildman–Crippen MR) is 102 cm³/mol. The van der Waals surface area contributed by atoms with Crippen LogP contribution in [-0.4, -0.2) is 19.5 Å². The minimum Gasteiger partial charge on any atom is -0.486 e. The lowest BCUT2D eigenvalue weighted by atomic mass is 10.1. The highest BCUT2D eigenvalue weighted by Crippen LogP contribution is 2.28. The van der Waals surface area contributed by atoms with Gasteiger partial charge in [0, 0.05) is 31.0 Å². The molecule has 0 saturated carbocycles. The molecular formula is C19H16ClN5O. The number of pyridine rings is 2. The van der Waals surface area contributed by atoms with Crippen molar-refractivity contribution >= 4 is 33.9 Å². The third-order valence-corrected chi connectivity index (χ3v) is 4.24. The van der Waals surface area contributed by atoms with Crippen LogP contribution in [-0.2, 0) is 13.7 Å². The number of halogens is 1. The van der Waals surface area contributed by atoms with Gasteiger partial charge in [0.05, 0.1) is 11.9 Å². The maximum atomic E-state index is 5.86. The number of aryl methyl sites for hydroxylation is 1. The van der Waals surface area contributed by atoms with Gasteiger partial charge in [0.25, 0.3) is 0 Å². The molecule has 0 amide bonds. The Bertz CT molecular complexity index is 1050. The van der Waals surface area contributed by atoms with E-state index < -0.39 is 0 Å². The van der Waals surface area contributed by atoms with Gasteiger partial charge in [-0.3, -0.25) is 0 Å². The molecule has 0 aliphatic heterocycles. The van der Waals surface area contributed by atoms with Crippen LogP contribution in [0.5, 0.6) is 5.75 Å². The Balaban J connectivity index is 1.57. The van der Waals surface area contributed by atoms with E-state index in [9.17, 15) is 0 Å². The SMILES string of the molecule is Cn1ccnc1COc1ccc2c(Nc3ccc(Cl)nc3)nccc2c1. The fourth-order valence-electron chi connectivity index (χ4n) is 2.62. The maximum Gasteiger partial charge on any atom is 0.146 e. The molecule has 1 aromatic carbocycles. The molecule has 3 aromatic heterocycles. The standard InChI is InChI=1S/C19H16ClN5O/c1-25-9-8-21-18(25)12-26-15-3-4-16-13(10-15)6-7-22-19(16)24-14-2-5-17(20)23-11-14/h2-11H,12H2,1H3,(H,22,24). The Labute approximate surface area is 155 Å². The fourth-order valence-corrected chi connectivity index (χ4v) is 2.73. The van der Waals surface area contributed by atoms with Crippen LogP contribution in [0.1, 0.15) is 5.82 Å². The zero-order chi connectivity index (χ0) is 17.9. The van der Waals surface area contributed by atoms with Crippen molar-refractivity contribution in [3.8, 4) is 5.75 Å². The number of rotatable bonds is 5. The summed E-state index contributed by atoms with van der Waals surface area (Å²) in [5.41, 5.74) is 0.824. The Morgan fingerprint density at radius 2 is 2.00 bits per heavy atom. The normalized spacial score (nSPS) is 10.8. The highest BCUT2D eigenvalue weighted by atomic mass is 35.5. The van der Waals surface area contributed by atoms with E-state index in [1.165, 1.54) is 0 Å². The minimum absolute atomic E-state index is 0.418. The third-order valence-electron chi connectivity index (χ3n) is 4.01. The Hall–Kier alpha value is -3.12. The molecule has 0 spiro atoms. The van der Waals surface area contributed by atoms with Crippen LogP contribution < -0.4 is 10.1 Å². The number of hydrogen-bond donors (Lipinski definition) is 1. The molecule has 0 atom stereocenters. The van der Waals surface area contributed by atoms with Crippen molar-refractivity contribution in [3.63, 3.8) is 0 Å². The van der Waals surface area contributed by atoms with Gasteiger partial charge in [-0.1, -0.05) is 11.6 Å². The number of imidazole rings is 1. The highest BCUT2D eigenvalue weighted by molar-refractivity contribution is 6.29. The lowest BCUT2D eigenvalue weighted by Gasteiger charge is -2.11. The quantitative estimate of drug-likeness (QED) is 0.533. The number of nitrogens with one attached hydrogen (secondary N) is 1. The summed E-state index contributed by atoms with van der Waals surface area (Å²) in [4.78, 5) is 12.8. The van der Waals surface area contributed by atoms with Crippen molar-refractivity contribution in [3.05, 3.63) is 72.2 Å². The average molecular weight is 366 g/mol. The van der Waals surface area contributed by atoms with Gasteiger partial charge < -0.3 is 14.6 Å². The molecule has 0 aliphatic carbocycles. The summed E-state index contributed by atoms with van der Waals surface area (Å²) < 4.78 is 7.80. The van der Waals surface area contributed by atoms with Crippen LogP contribution in [0.25, 0.3) is 10.8 Å². The van der Waals surface area contributed by atoms with Crippen molar-refractivity contribution in [2.75, 3.05) is 5.32 Å². The van der Waals surface area contributed by atoms with Crippen LogP contribution in [0.4, 0.5) is 11.5 Å². The van der Waals surface area contributed by atoms with Gasteiger partial charge in [-0.2, -0.15) is 0 Å². The second-order valence-electron chi connectivity index (χ2n) is 5.78. The maximum absolute atomic E-state index is 5.86. The zero-order valence-corrected chi connectivity index (χ0v) is 14.8. The molecule has 6 nitrogen and oxygen atoms in total. The molecule has 1 N–H and O–H groups in total. The third kappa shape index (κ3) is 3.45. The molecular weight excluding hydrogens is 350 g/mol. The summed E-state index contributed by atoms with van der Waals surface area (Å²) in [5.74, 6) is 2.41. The van der Waals surface area contributed by atoms with Crippen LogP contribution in [0.15, 0.2) is 61.2 Å². The van der Waals surface area contributed by atoms with Gasteiger partial charge in [0.1, 0.15) is 29.2 Å². The molecule has 0 saturated heterocycles. The van der Waals surface area contributed by atoms with Gasteiger partial charge in [-0.15, -0.1) is 0 Å². The van der Waals surface area contributed by atoms with Gasteiger partial charge in [-0.25, -0.2) is 15.0 Å². The van der Waals surface area contributed by atoms with E-state index >= 15 is 0 Å². The Morgan fingerprint density at radius 3 is 2.77 bits per heavy atom. The second-order valence-corrected chi connectivity index (χ2v) is 6.17. The molecule has 0 unspecified atom stereocenters. The van der Waals surface area contributed by atoms with Crippen molar-refractivity contribution < 1.29 is 4.74 Å². The van der Waals surface area contributed by atoms with E-state index in [2.05, 4.69) is 20.3 Å². The van der Waals surface area contributed by atoms with E-state index in [4.69, 9.17) is 16.3 Å². The highest BCUT2D eigenvalue weighted by Gasteiger charge is 2.06. The molecule has 130 valence electrons. The van der Waals surface area contributed by atoms with Gasteiger partial charge in [-0.05, 0) is 41.8 Å². The summed E-state index contributed by atoms with van der Waals surface area (Å²) in [5, 5.41) is 5.75. The number of hydrogen-bond acceptors (Lipinski definition) is 5. The first-order valence-corrected chi connectivity index (χ1v) is 8.43. The molecule has 7 heteroatoms. The van der Waals surface area contributed by atoms with Gasteiger partial charge >= 0.3 is 0 Å². The lowest BCUT2D eigenvalue weighted by molar-refractivity contribution is 0.292. The van der Waals surface area contributed by atoms with Gasteiger partial charge in [0.15, 0.2) is 0 Å². The monoisotopic (exact) mass is 365 g/mol. The predicted octanol–water partition coefficient (Wildman–Crippen LogP) is 4.34. The number of ether oxygens (including phenoxy) is 1. The van der Waals surface area contributed by atoms with Crippen LogP contribution in [0.3, 0.4) is 0 Å². The number of aromatic nitrogens is 4. The molecule has 0 radical (unpaired) electrons. The topological polar surface area (TPSA) is 64.9 Å². The van der Waals surface area contributed by atoms with Crippen LogP contribution in [0.2, 0.25) is 5.15 Å². The van der Waals surface area contributed by atoms with Crippen molar-refractivity contribution in [2.45, 2.75) is 6.61 Å². The first-order valence-electron chi connectivity index (χ1n) is 8.05. The van der Waals surface area contributed by atoms with E-state index in [-0.39, 0.29) is 0 Å². The fraction of sp³-hybridized carbons (Fsp3) is 0.105.